The molecule has 0 spiro atoms. The number of halogens is 1. The molecule has 0 aliphatic carbocycles. The number of hydrogen-bond acceptors (Lipinski definition) is 6. The maximum Gasteiger partial charge on any atom is 0.219 e. The summed E-state index contributed by atoms with van der Waals surface area (Å²) in [5.74, 6) is 1.69. The number of aromatic nitrogens is 3. The van der Waals surface area contributed by atoms with Gasteiger partial charge in [-0.25, -0.2) is 4.98 Å². The number of piperidine rings is 1. The molecule has 7 nitrogen and oxygen atoms in total. The molecule has 0 bridgehead atoms. The zero-order valence-corrected chi connectivity index (χ0v) is 19.9. The topological polar surface area (TPSA) is 80.2 Å². The third-order valence-electron chi connectivity index (χ3n) is 5.98. The van der Waals surface area contributed by atoms with Crippen LogP contribution in [0.25, 0.3) is 22.5 Å². The lowest BCUT2D eigenvalue weighted by atomic mass is 10.0. The molecule has 4 rings (SSSR count). The van der Waals surface area contributed by atoms with Gasteiger partial charge >= 0.3 is 0 Å². The van der Waals surface area contributed by atoms with Crippen LogP contribution in [0.4, 0.5) is 5.82 Å². The Balaban J connectivity index is 1.69. The molecule has 3 aromatic rings. The van der Waals surface area contributed by atoms with E-state index >= 15 is 0 Å². The number of ether oxygens (including phenoxy) is 1. The van der Waals surface area contributed by atoms with Crippen molar-refractivity contribution in [1.82, 2.24) is 20.3 Å². The fourth-order valence-electron chi connectivity index (χ4n) is 4.10. The van der Waals surface area contributed by atoms with Crippen LogP contribution in [-0.4, -0.2) is 47.1 Å². The van der Waals surface area contributed by atoms with Gasteiger partial charge in [-0.1, -0.05) is 18.5 Å². The van der Waals surface area contributed by atoms with Gasteiger partial charge in [0.05, 0.1) is 24.0 Å². The first-order valence-electron chi connectivity index (χ1n) is 11.2. The molecule has 1 saturated heterocycles. The first-order valence-corrected chi connectivity index (χ1v) is 11.5. The Morgan fingerprint density at radius 1 is 1.18 bits per heavy atom. The van der Waals surface area contributed by atoms with E-state index in [4.69, 9.17) is 26.3 Å². The third-order valence-corrected chi connectivity index (χ3v) is 6.28. The summed E-state index contributed by atoms with van der Waals surface area (Å²) in [4.78, 5) is 27.9. The first kappa shape index (κ1) is 23.0. The van der Waals surface area contributed by atoms with Crippen molar-refractivity contribution in [2.24, 2.45) is 0 Å². The van der Waals surface area contributed by atoms with Crippen LogP contribution in [0.15, 0.2) is 42.9 Å². The molecule has 0 radical (unpaired) electrons. The average Bonchev–Trinajstić information content (AvgIpc) is 2.84. The van der Waals surface area contributed by atoms with Gasteiger partial charge in [-0.15, -0.1) is 0 Å². The fourth-order valence-corrected chi connectivity index (χ4v) is 4.30. The Hall–Kier alpha value is -3.19. The minimum absolute atomic E-state index is 0.0991. The molecule has 1 fully saturated rings. The second kappa shape index (κ2) is 10.2. The Kier molecular flexibility index (Phi) is 7.08. The highest BCUT2D eigenvalue weighted by Gasteiger charge is 2.23. The van der Waals surface area contributed by atoms with Gasteiger partial charge in [0.1, 0.15) is 17.3 Å². The molecule has 1 amide bonds. The number of benzene rings is 1. The van der Waals surface area contributed by atoms with E-state index in [0.29, 0.717) is 11.4 Å². The number of nitrogens with one attached hydrogen (secondary N) is 1. The molecule has 3 heterocycles. The van der Waals surface area contributed by atoms with E-state index in [1.165, 1.54) is 0 Å². The molecule has 1 N–H and O–H groups in total. The summed E-state index contributed by atoms with van der Waals surface area (Å²) < 4.78 is 5.36. The van der Waals surface area contributed by atoms with E-state index < -0.39 is 0 Å². The number of hydrogen-bond donors (Lipinski definition) is 1. The summed E-state index contributed by atoms with van der Waals surface area (Å²) in [5.41, 5.74) is 4.28. The maximum atomic E-state index is 11.7. The molecular formula is C25H28ClN5O2. The lowest BCUT2D eigenvalue weighted by Crippen LogP contribution is -2.44. The molecule has 1 aromatic carbocycles. The van der Waals surface area contributed by atoms with E-state index in [9.17, 15) is 4.79 Å². The molecule has 8 heteroatoms. The van der Waals surface area contributed by atoms with E-state index in [1.54, 1.807) is 19.5 Å². The van der Waals surface area contributed by atoms with Crippen LogP contribution in [-0.2, 0) is 4.79 Å². The molecule has 172 valence electrons. The molecule has 0 unspecified atom stereocenters. The van der Waals surface area contributed by atoms with Gasteiger partial charge in [0.25, 0.3) is 0 Å². The maximum absolute atomic E-state index is 11.7. The van der Waals surface area contributed by atoms with Gasteiger partial charge in [-0.2, -0.15) is 0 Å². The van der Waals surface area contributed by atoms with Crippen LogP contribution in [0.2, 0.25) is 5.02 Å². The number of carbonyl (C=O) groups excluding carboxylic acids is 1. The van der Waals surface area contributed by atoms with Crippen LogP contribution in [0.5, 0.6) is 5.75 Å². The van der Waals surface area contributed by atoms with Crippen molar-refractivity contribution in [3.8, 4) is 28.3 Å². The van der Waals surface area contributed by atoms with Crippen molar-refractivity contribution in [2.75, 3.05) is 25.1 Å². The highest BCUT2D eigenvalue weighted by Crippen LogP contribution is 2.36. The third kappa shape index (κ3) is 5.09. The molecule has 0 saturated carbocycles. The molecule has 0 atom stereocenters. The van der Waals surface area contributed by atoms with Crippen LogP contribution in [0.1, 0.15) is 31.7 Å². The Bertz CT molecular complexity index is 1150. The zero-order valence-electron chi connectivity index (χ0n) is 19.1. The number of aryl methyl sites for hydroxylation is 1. The Morgan fingerprint density at radius 2 is 1.97 bits per heavy atom. The Morgan fingerprint density at radius 3 is 2.64 bits per heavy atom. The molecule has 1 aliphatic rings. The van der Waals surface area contributed by atoms with Crippen molar-refractivity contribution in [3.05, 3.63) is 53.4 Å². The molecule has 2 aromatic heterocycles. The smallest absolute Gasteiger partial charge is 0.219 e. The fraction of sp³-hybridized carbons (Fsp3) is 0.360. The van der Waals surface area contributed by atoms with Gasteiger partial charge in [0.15, 0.2) is 0 Å². The van der Waals surface area contributed by atoms with E-state index in [2.05, 4.69) is 15.2 Å². The highest BCUT2D eigenvalue weighted by molar-refractivity contribution is 6.33. The second-order valence-corrected chi connectivity index (χ2v) is 8.55. The number of pyridine rings is 1. The summed E-state index contributed by atoms with van der Waals surface area (Å²) >= 11 is 6.52. The molecule has 33 heavy (non-hydrogen) atoms. The SMILES string of the molecule is CCC(=O)NC1CCN(c2cnc(-c3ccc(OC)cc3C)c(-c3ccncc3Cl)n2)CC1. The number of nitrogens with zero attached hydrogens (tertiary/aromatic N) is 4. The molecular weight excluding hydrogens is 438 g/mol. The standard InChI is InChI=1S/C25H28ClN5O2/c1-4-23(32)29-17-8-11-31(12-9-17)22-15-28-24(19-6-5-18(33-3)13-16(19)2)25(30-22)20-7-10-27-14-21(20)26/h5-7,10,13-15,17H,4,8-9,11-12H2,1-3H3,(H,29,32). The second-order valence-electron chi connectivity index (χ2n) is 8.14. The number of amides is 1. The van der Waals surface area contributed by atoms with Crippen LogP contribution in [0.3, 0.4) is 0 Å². The van der Waals surface area contributed by atoms with E-state index in [0.717, 1.165) is 65.6 Å². The van der Waals surface area contributed by atoms with Crippen LogP contribution in [0, 0.1) is 6.92 Å². The highest BCUT2D eigenvalue weighted by atomic mass is 35.5. The average molecular weight is 466 g/mol. The summed E-state index contributed by atoms with van der Waals surface area (Å²) in [6, 6.07) is 7.98. The van der Waals surface area contributed by atoms with Crippen molar-refractivity contribution in [3.63, 3.8) is 0 Å². The van der Waals surface area contributed by atoms with Gasteiger partial charge in [-0.3, -0.25) is 14.8 Å². The minimum atomic E-state index is 0.0991. The minimum Gasteiger partial charge on any atom is -0.497 e. The van der Waals surface area contributed by atoms with Crippen molar-refractivity contribution >= 4 is 23.3 Å². The van der Waals surface area contributed by atoms with Gasteiger partial charge in [0.2, 0.25) is 5.91 Å². The van der Waals surface area contributed by atoms with Crippen LogP contribution < -0.4 is 15.0 Å². The predicted molar refractivity (Wildman–Crippen MR) is 131 cm³/mol. The zero-order chi connectivity index (χ0) is 23.4. The van der Waals surface area contributed by atoms with Crippen molar-refractivity contribution in [1.29, 1.82) is 0 Å². The molecule has 1 aliphatic heterocycles. The largest absolute Gasteiger partial charge is 0.497 e. The quantitative estimate of drug-likeness (QED) is 0.569. The van der Waals surface area contributed by atoms with Crippen molar-refractivity contribution < 1.29 is 9.53 Å². The summed E-state index contributed by atoms with van der Waals surface area (Å²) in [6.45, 7) is 5.50. The lowest BCUT2D eigenvalue weighted by Gasteiger charge is -2.33. The number of rotatable bonds is 6. The van der Waals surface area contributed by atoms with Crippen LogP contribution >= 0.6 is 11.6 Å². The normalized spacial score (nSPS) is 14.2. The van der Waals surface area contributed by atoms with E-state index in [1.807, 2.05) is 44.3 Å². The summed E-state index contributed by atoms with van der Waals surface area (Å²) in [5, 5.41) is 3.62. The van der Waals surface area contributed by atoms with Gasteiger partial charge in [0, 0.05) is 49.1 Å². The predicted octanol–water partition coefficient (Wildman–Crippen LogP) is 4.67. The number of anilines is 1. The van der Waals surface area contributed by atoms with Gasteiger partial charge < -0.3 is 15.0 Å². The summed E-state index contributed by atoms with van der Waals surface area (Å²) in [7, 11) is 1.65. The monoisotopic (exact) mass is 465 g/mol. The summed E-state index contributed by atoms with van der Waals surface area (Å²) in [6.07, 6.45) is 7.41. The van der Waals surface area contributed by atoms with Gasteiger partial charge in [-0.05, 0) is 49.6 Å². The Labute approximate surface area is 199 Å². The number of carbonyl (C=O) groups is 1. The number of methoxy groups -OCH3 is 1. The van der Waals surface area contributed by atoms with Crippen molar-refractivity contribution in [2.45, 2.75) is 39.2 Å². The lowest BCUT2D eigenvalue weighted by molar-refractivity contribution is -0.121. The van der Waals surface area contributed by atoms with E-state index in [-0.39, 0.29) is 11.9 Å². The first-order chi connectivity index (χ1) is 16.0.